The summed E-state index contributed by atoms with van der Waals surface area (Å²) in [5.41, 5.74) is 0.792. The fourth-order valence-corrected chi connectivity index (χ4v) is 3.09. The van der Waals surface area contributed by atoms with Gasteiger partial charge in [0.1, 0.15) is 12.4 Å². The maximum Gasteiger partial charge on any atom is 0.389 e. The molecule has 1 aromatic carbocycles. The number of ether oxygens (including phenoxy) is 2. The average molecular weight is 477 g/mol. The van der Waals surface area contributed by atoms with E-state index in [1.54, 1.807) is 36.1 Å². The van der Waals surface area contributed by atoms with Gasteiger partial charge in [-0.25, -0.2) is 9.59 Å². The molecular formula is C23H35F3N2O5. The van der Waals surface area contributed by atoms with Crippen LogP contribution in [0.3, 0.4) is 0 Å². The van der Waals surface area contributed by atoms with Gasteiger partial charge in [-0.2, -0.15) is 13.2 Å². The molecule has 0 aliphatic heterocycles. The van der Waals surface area contributed by atoms with E-state index in [0.717, 1.165) is 5.56 Å². The standard InChI is InChI=1S/C23H35F3N2O5/c1-4-32-20(21(29)30)16-18-8-10-19(11-9-18)33-15-14-28(22(31)27-17(2)3)13-7-5-6-12-23(24,25)26/h8-11,17,20H,4-7,12-16H2,1-3H3,(H,27,31)(H,29,30). The third kappa shape index (κ3) is 13.0. The number of alkyl halides is 3. The number of aliphatic carboxylic acids is 1. The van der Waals surface area contributed by atoms with Crippen LogP contribution in [0.4, 0.5) is 18.0 Å². The first kappa shape index (κ1) is 28.5. The number of carboxylic acids is 1. The van der Waals surface area contributed by atoms with Crippen molar-refractivity contribution in [3.05, 3.63) is 29.8 Å². The number of amides is 2. The number of nitrogens with zero attached hydrogens (tertiary/aromatic N) is 1. The summed E-state index contributed by atoms with van der Waals surface area (Å²) in [4.78, 5) is 25.1. The third-order valence-electron chi connectivity index (χ3n) is 4.71. The molecule has 1 unspecified atom stereocenters. The first-order valence-corrected chi connectivity index (χ1v) is 11.2. The van der Waals surface area contributed by atoms with E-state index in [2.05, 4.69) is 5.32 Å². The molecule has 33 heavy (non-hydrogen) atoms. The maximum absolute atomic E-state index is 12.4. The lowest BCUT2D eigenvalue weighted by atomic mass is 10.1. The zero-order valence-corrected chi connectivity index (χ0v) is 19.5. The lowest BCUT2D eigenvalue weighted by Crippen LogP contribution is -2.45. The van der Waals surface area contributed by atoms with Crippen LogP contribution in [-0.2, 0) is 16.0 Å². The highest BCUT2D eigenvalue weighted by molar-refractivity contribution is 5.74. The van der Waals surface area contributed by atoms with Crippen LogP contribution in [0.25, 0.3) is 0 Å². The van der Waals surface area contributed by atoms with Gasteiger partial charge in [0, 0.05) is 32.0 Å². The Bertz CT molecular complexity index is 711. The van der Waals surface area contributed by atoms with Crippen molar-refractivity contribution >= 4 is 12.0 Å². The van der Waals surface area contributed by atoms with E-state index in [1.807, 2.05) is 13.8 Å². The number of unbranched alkanes of at least 4 members (excludes halogenated alkanes) is 2. The molecule has 0 aromatic heterocycles. The fraction of sp³-hybridized carbons (Fsp3) is 0.652. The number of carbonyl (C=O) groups excluding carboxylic acids is 1. The molecule has 2 N–H and O–H groups in total. The fourth-order valence-electron chi connectivity index (χ4n) is 3.09. The highest BCUT2D eigenvalue weighted by Gasteiger charge is 2.26. The number of nitrogens with one attached hydrogen (secondary N) is 1. The Kier molecular flexibility index (Phi) is 12.6. The molecule has 10 heteroatoms. The Hall–Kier alpha value is -2.49. The van der Waals surface area contributed by atoms with Gasteiger partial charge in [0.05, 0.1) is 6.54 Å². The summed E-state index contributed by atoms with van der Waals surface area (Å²) in [6.45, 7) is 6.54. The van der Waals surface area contributed by atoms with E-state index in [1.165, 1.54) is 0 Å². The van der Waals surface area contributed by atoms with E-state index in [-0.39, 0.29) is 38.1 Å². The Labute approximate surface area is 193 Å². The summed E-state index contributed by atoms with van der Waals surface area (Å²) in [6, 6.07) is 6.61. The quantitative estimate of drug-likeness (QED) is 0.360. The summed E-state index contributed by atoms with van der Waals surface area (Å²) in [7, 11) is 0. The number of carbonyl (C=O) groups is 2. The van der Waals surface area contributed by atoms with Crippen molar-refractivity contribution in [1.82, 2.24) is 10.2 Å². The second-order valence-electron chi connectivity index (χ2n) is 8.00. The van der Waals surface area contributed by atoms with Crippen LogP contribution in [0.2, 0.25) is 0 Å². The van der Waals surface area contributed by atoms with Crippen molar-refractivity contribution in [1.29, 1.82) is 0 Å². The number of hydrogen-bond donors (Lipinski definition) is 2. The number of halogens is 3. The van der Waals surface area contributed by atoms with Gasteiger partial charge in [0.25, 0.3) is 0 Å². The molecule has 0 radical (unpaired) electrons. The molecule has 0 aliphatic carbocycles. The van der Waals surface area contributed by atoms with Gasteiger partial charge in [-0.1, -0.05) is 18.6 Å². The number of hydrogen-bond acceptors (Lipinski definition) is 4. The average Bonchev–Trinajstić information content (AvgIpc) is 2.71. The van der Waals surface area contributed by atoms with Gasteiger partial charge in [0.2, 0.25) is 0 Å². The molecule has 1 aromatic rings. The van der Waals surface area contributed by atoms with Crippen LogP contribution in [0.1, 0.15) is 52.0 Å². The zero-order chi connectivity index (χ0) is 24.9. The van der Waals surface area contributed by atoms with Crippen LogP contribution in [0.5, 0.6) is 5.75 Å². The van der Waals surface area contributed by atoms with E-state index in [4.69, 9.17) is 9.47 Å². The monoisotopic (exact) mass is 476 g/mol. The number of urea groups is 1. The van der Waals surface area contributed by atoms with Crippen LogP contribution in [0, 0.1) is 0 Å². The Morgan fingerprint density at radius 3 is 2.30 bits per heavy atom. The summed E-state index contributed by atoms with van der Waals surface area (Å²) < 4.78 is 47.7. The highest BCUT2D eigenvalue weighted by Crippen LogP contribution is 2.22. The summed E-state index contributed by atoms with van der Waals surface area (Å²) >= 11 is 0. The molecular weight excluding hydrogens is 441 g/mol. The molecule has 0 fully saturated rings. The minimum atomic E-state index is -4.16. The van der Waals surface area contributed by atoms with E-state index in [0.29, 0.717) is 31.7 Å². The highest BCUT2D eigenvalue weighted by atomic mass is 19.4. The van der Waals surface area contributed by atoms with Crippen molar-refractivity contribution in [2.45, 2.75) is 71.2 Å². The number of carboxylic acid groups (broad SMARTS) is 1. The van der Waals surface area contributed by atoms with E-state index >= 15 is 0 Å². The smallest absolute Gasteiger partial charge is 0.389 e. The molecule has 1 atom stereocenters. The van der Waals surface area contributed by atoms with Crippen molar-refractivity contribution in [3.8, 4) is 5.75 Å². The SMILES string of the molecule is CCOC(Cc1ccc(OCCN(CCCCCC(F)(F)F)C(=O)NC(C)C)cc1)C(=O)O. The van der Waals surface area contributed by atoms with Gasteiger partial charge >= 0.3 is 18.2 Å². The molecule has 1 rings (SSSR count). The molecule has 0 saturated carbocycles. The molecule has 0 saturated heterocycles. The predicted molar refractivity (Wildman–Crippen MR) is 118 cm³/mol. The minimum absolute atomic E-state index is 0.0397. The Morgan fingerprint density at radius 2 is 1.76 bits per heavy atom. The molecule has 188 valence electrons. The maximum atomic E-state index is 12.4. The van der Waals surface area contributed by atoms with Gasteiger partial charge in [-0.05, 0) is 51.3 Å². The van der Waals surface area contributed by atoms with Crippen LogP contribution < -0.4 is 10.1 Å². The van der Waals surface area contributed by atoms with Crippen molar-refractivity contribution in [2.75, 3.05) is 26.3 Å². The van der Waals surface area contributed by atoms with Crippen LogP contribution in [0.15, 0.2) is 24.3 Å². The normalized spacial score (nSPS) is 12.5. The second-order valence-corrected chi connectivity index (χ2v) is 8.00. The molecule has 7 nitrogen and oxygen atoms in total. The molecule has 2 amide bonds. The third-order valence-corrected chi connectivity index (χ3v) is 4.71. The lowest BCUT2D eigenvalue weighted by Gasteiger charge is -2.24. The lowest BCUT2D eigenvalue weighted by molar-refractivity contribution is -0.150. The van der Waals surface area contributed by atoms with Gasteiger partial charge in [-0.3, -0.25) is 0 Å². The Balaban J connectivity index is 2.53. The summed E-state index contributed by atoms with van der Waals surface area (Å²) in [5, 5.41) is 12.0. The van der Waals surface area contributed by atoms with Crippen molar-refractivity contribution < 1.29 is 37.3 Å². The summed E-state index contributed by atoms with van der Waals surface area (Å²) in [6.07, 6.45) is -4.75. The van der Waals surface area contributed by atoms with Gasteiger partial charge in [0.15, 0.2) is 6.10 Å². The topological polar surface area (TPSA) is 88.1 Å². The van der Waals surface area contributed by atoms with Crippen molar-refractivity contribution in [3.63, 3.8) is 0 Å². The first-order chi connectivity index (χ1) is 15.5. The predicted octanol–water partition coefficient (Wildman–Crippen LogP) is 4.64. The minimum Gasteiger partial charge on any atom is -0.492 e. The zero-order valence-electron chi connectivity index (χ0n) is 19.5. The Morgan fingerprint density at radius 1 is 1.09 bits per heavy atom. The van der Waals surface area contributed by atoms with Crippen LogP contribution in [-0.4, -0.2) is 66.6 Å². The van der Waals surface area contributed by atoms with E-state index < -0.39 is 24.7 Å². The molecule has 0 spiro atoms. The molecule has 0 aliphatic rings. The molecule has 0 heterocycles. The van der Waals surface area contributed by atoms with Gasteiger partial charge in [-0.15, -0.1) is 0 Å². The number of benzene rings is 1. The summed E-state index contributed by atoms with van der Waals surface area (Å²) in [5.74, 6) is -0.452. The van der Waals surface area contributed by atoms with Crippen molar-refractivity contribution in [2.24, 2.45) is 0 Å². The van der Waals surface area contributed by atoms with Crippen LogP contribution >= 0.6 is 0 Å². The largest absolute Gasteiger partial charge is 0.492 e. The first-order valence-electron chi connectivity index (χ1n) is 11.2. The molecule has 0 bridgehead atoms. The second kappa shape index (κ2) is 14.6. The number of rotatable bonds is 15. The van der Waals surface area contributed by atoms with E-state index in [9.17, 15) is 27.9 Å². The van der Waals surface area contributed by atoms with Gasteiger partial charge < -0.3 is 24.8 Å².